The summed E-state index contributed by atoms with van der Waals surface area (Å²) in [6, 6.07) is 13.8. The molecule has 1 aliphatic rings. The summed E-state index contributed by atoms with van der Waals surface area (Å²) >= 11 is 0. The quantitative estimate of drug-likeness (QED) is 0.651. The third kappa shape index (κ3) is 6.13. The fourth-order valence-electron chi connectivity index (χ4n) is 3.44. The van der Waals surface area contributed by atoms with Crippen LogP contribution < -0.4 is 19.1 Å². The number of nitrogens with zero attached hydrogens (tertiary/aromatic N) is 1. The summed E-state index contributed by atoms with van der Waals surface area (Å²) in [7, 11) is -3.66. The van der Waals surface area contributed by atoms with Gasteiger partial charge in [-0.3, -0.25) is 9.10 Å². The Morgan fingerprint density at radius 2 is 1.80 bits per heavy atom. The van der Waals surface area contributed by atoms with Crippen molar-refractivity contribution in [2.75, 3.05) is 29.0 Å². The molecule has 0 aromatic heterocycles. The first-order valence-electron chi connectivity index (χ1n) is 10.1. The molecule has 0 bridgehead atoms. The summed E-state index contributed by atoms with van der Waals surface area (Å²) in [6.45, 7) is 1.97. The average Bonchev–Trinajstić information content (AvgIpc) is 3.20. The van der Waals surface area contributed by atoms with Crippen LogP contribution in [0.2, 0.25) is 0 Å². The van der Waals surface area contributed by atoms with Crippen LogP contribution in [0.15, 0.2) is 48.5 Å². The molecule has 30 heavy (non-hydrogen) atoms. The van der Waals surface area contributed by atoms with Gasteiger partial charge in [-0.1, -0.05) is 6.07 Å². The lowest BCUT2D eigenvalue weighted by Gasteiger charge is -2.22. The molecule has 7 nitrogen and oxygen atoms in total. The van der Waals surface area contributed by atoms with Crippen LogP contribution >= 0.6 is 0 Å². The molecule has 1 saturated carbocycles. The lowest BCUT2D eigenvalue weighted by molar-refractivity contribution is -0.114. The largest absolute Gasteiger partial charge is 0.494 e. The Labute approximate surface area is 178 Å². The van der Waals surface area contributed by atoms with Crippen molar-refractivity contribution in [1.82, 2.24) is 0 Å². The van der Waals surface area contributed by atoms with Crippen LogP contribution in [0.25, 0.3) is 0 Å². The van der Waals surface area contributed by atoms with Crippen molar-refractivity contribution in [2.24, 2.45) is 0 Å². The molecule has 1 N–H and O–H groups in total. The number of rotatable bonds is 9. The lowest BCUT2D eigenvalue weighted by Crippen LogP contribution is -2.37. The van der Waals surface area contributed by atoms with Crippen molar-refractivity contribution in [3.8, 4) is 11.5 Å². The number of sulfonamides is 1. The van der Waals surface area contributed by atoms with Gasteiger partial charge in [0.05, 0.1) is 24.7 Å². The van der Waals surface area contributed by atoms with Gasteiger partial charge in [-0.15, -0.1) is 0 Å². The van der Waals surface area contributed by atoms with Gasteiger partial charge in [0.1, 0.15) is 18.0 Å². The van der Waals surface area contributed by atoms with Gasteiger partial charge in [0.15, 0.2) is 0 Å². The first-order valence-corrected chi connectivity index (χ1v) is 12.0. The number of nitrogens with one attached hydrogen (secondary N) is 1. The van der Waals surface area contributed by atoms with Crippen LogP contribution in [-0.4, -0.2) is 39.8 Å². The number of carbonyl (C=O) groups is 1. The Morgan fingerprint density at radius 1 is 1.10 bits per heavy atom. The van der Waals surface area contributed by atoms with E-state index < -0.39 is 15.9 Å². The van der Waals surface area contributed by atoms with E-state index in [2.05, 4.69) is 5.32 Å². The standard InChI is InChI=1S/C22H28N2O5S/c1-3-28-21-10-6-7-18(15-21)24(30(2,26)27)16-22(25)23-17-11-13-20(14-12-17)29-19-8-4-5-9-19/h6-7,10-15,19H,3-5,8-9,16H2,1-2H3,(H,23,25). The van der Waals surface area contributed by atoms with Crippen LogP contribution in [0.4, 0.5) is 11.4 Å². The van der Waals surface area contributed by atoms with E-state index in [1.54, 1.807) is 36.4 Å². The van der Waals surface area contributed by atoms with E-state index in [0.717, 1.165) is 29.2 Å². The number of ether oxygens (including phenoxy) is 2. The number of benzene rings is 2. The molecule has 0 heterocycles. The van der Waals surface area contributed by atoms with Gasteiger partial charge in [-0.2, -0.15) is 0 Å². The molecule has 2 aromatic rings. The molecule has 2 aromatic carbocycles. The highest BCUT2D eigenvalue weighted by molar-refractivity contribution is 7.92. The lowest BCUT2D eigenvalue weighted by atomic mass is 10.2. The molecule has 0 saturated heterocycles. The number of hydrogen-bond donors (Lipinski definition) is 1. The van der Waals surface area contributed by atoms with E-state index in [-0.39, 0.29) is 12.6 Å². The third-order valence-corrected chi connectivity index (χ3v) is 5.99. The monoisotopic (exact) mass is 432 g/mol. The van der Waals surface area contributed by atoms with Gasteiger partial charge in [0, 0.05) is 11.8 Å². The predicted octanol–water partition coefficient (Wildman–Crippen LogP) is 3.81. The van der Waals surface area contributed by atoms with Crippen LogP contribution in [-0.2, 0) is 14.8 Å². The Kier molecular flexibility index (Phi) is 7.20. The van der Waals surface area contributed by atoms with Crippen molar-refractivity contribution in [1.29, 1.82) is 0 Å². The topological polar surface area (TPSA) is 84.9 Å². The van der Waals surface area contributed by atoms with E-state index in [0.29, 0.717) is 23.7 Å². The van der Waals surface area contributed by atoms with Crippen molar-refractivity contribution < 1.29 is 22.7 Å². The van der Waals surface area contributed by atoms with Crippen LogP contribution in [0.1, 0.15) is 32.6 Å². The average molecular weight is 433 g/mol. The SMILES string of the molecule is CCOc1cccc(N(CC(=O)Nc2ccc(OC3CCCC3)cc2)S(C)(=O)=O)c1. The number of amides is 1. The Bertz CT molecular complexity index is 954. The molecule has 0 atom stereocenters. The molecule has 0 radical (unpaired) electrons. The minimum atomic E-state index is -3.66. The maximum atomic E-state index is 12.5. The molecular formula is C22H28N2O5S. The molecule has 1 amide bonds. The molecule has 1 aliphatic carbocycles. The zero-order valence-electron chi connectivity index (χ0n) is 17.3. The summed E-state index contributed by atoms with van der Waals surface area (Å²) < 4.78 is 37.0. The first-order chi connectivity index (χ1) is 14.3. The van der Waals surface area contributed by atoms with E-state index in [9.17, 15) is 13.2 Å². The molecule has 0 spiro atoms. The molecule has 8 heteroatoms. The smallest absolute Gasteiger partial charge is 0.245 e. The van der Waals surface area contributed by atoms with Gasteiger partial charge in [-0.05, 0) is 69.0 Å². The second kappa shape index (κ2) is 9.84. The summed E-state index contributed by atoms with van der Waals surface area (Å²) in [5.41, 5.74) is 0.953. The highest BCUT2D eigenvalue weighted by Gasteiger charge is 2.21. The predicted molar refractivity (Wildman–Crippen MR) is 118 cm³/mol. The van der Waals surface area contributed by atoms with Gasteiger partial charge in [0.25, 0.3) is 0 Å². The summed E-state index contributed by atoms with van der Waals surface area (Å²) in [6.07, 6.45) is 5.88. The van der Waals surface area contributed by atoms with Crippen molar-refractivity contribution in [3.05, 3.63) is 48.5 Å². The van der Waals surface area contributed by atoms with Crippen LogP contribution in [0.5, 0.6) is 11.5 Å². The molecular weight excluding hydrogens is 404 g/mol. The molecule has 0 aliphatic heterocycles. The highest BCUT2D eigenvalue weighted by Crippen LogP contribution is 2.26. The molecule has 0 unspecified atom stereocenters. The maximum absolute atomic E-state index is 12.5. The normalized spacial score (nSPS) is 14.3. The Balaban J connectivity index is 1.65. The van der Waals surface area contributed by atoms with Gasteiger partial charge in [0.2, 0.25) is 15.9 Å². The van der Waals surface area contributed by atoms with E-state index in [4.69, 9.17) is 9.47 Å². The van der Waals surface area contributed by atoms with Gasteiger partial charge in [-0.25, -0.2) is 8.42 Å². The Morgan fingerprint density at radius 3 is 2.43 bits per heavy atom. The summed E-state index contributed by atoms with van der Waals surface area (Å²) in [5, 5.41) is 2.74. The second-order valence-corrected chi connectivity index (χ2v) is 9.20. The van der Waals surface area contributed by atoms with Crippen molar-refractivity contribution in [3.63, 3.8) is 0 Å². The fourth-order valence-corrected chi connectivity index (χ4v) is 4.29. The second-order valence-electron chi connectivity index (χ2n) is 7.30. The number of hydrogen-bond acceptors (Lipinski definition) is 5. The zero-order chi connectivity index (χ0) is 21.6. The van der Waals surface area contributed by atoms with Gasteiger partial charge < -0.3 is 14.8 Å². The van der Waals surface area contributed by atoms with E-state index >= 15 is 0 Å². The molecule has 1 fully saturated rings. The zero-order valence-corrected chi connectivity index (χ0v) is 18.2. The third-order valence-electron chi connectivity index (χ3n) is 4.85. The van der Waals surface area contributed by atoms with E-state index in [1.807, 2.05) is 19.1 Å². The summed E-state index contributed by atoms with van der Waals surface area (Å²) in [5.74, 6) is 0.874. The van der Waals surface area contributed by atoms with E-state index in [1.165, 1.54) is 12.8 Å². The van der Waals surface area contributed by atoms with Gasteiger partial charge >= 0.3 is 0 Å². The minimum Gasteiger partial charge on any atom is -0.494 e. The minimum absolute atomic E-state index is 0.265. The highest BCUT2D eigenvalue weighted by atomic mass is 32.2. The number of anilines is 2. The van der Waals surface area contributed by atoms with Crippen molar-refractivity contribution >= 4 is 27.3 Å². The molecule has 162 valence electrons. The first kappa shape index (κ1) is 22.0. The molecule has 3 rings (SSSR count). The van der Waals surface area contributed by atoms with Crippen LogP contribution in [0.3, 0.4) is 0 Å². The summed E-state index contributed by atoms with van der Waals surface area (Å²) in [4.78, 5) is 12.5. The van der Waals surface area contributed by atoms with Crippen molar-refractivity contribution in [2.45, 2.75) is 38.7 Å². The Hall–Kier alpha value is -2.74. The van der Waals surface area contributed by atoms with Crippen LogP contribution in [0, 0.1) is 0 Å². The maximum Gasteiger partial charge on any atom is 0.245 e. The fraction of sp³-hybridized carbons (Fsp3) is 0.409. The number of carbonyl (C=O) groups excluding carboxylic acids is 1.